The molecule has 1 N–H and O–H groups in total. The third kappa shape index (κ3) is 2.38. The normalized spacial score (nSPS) is 47.8. The van der Waals surface area contributed by atoms with Gasteiger partial charge in [-0.3, -0.25) is 4.79 Å². The lowest BCUT2D eigenvalue weighted by Crippen LogP contribution is -2.55. The first kappa shape index (κ1) is 19.1. The first-order valence-corrected chi connectivity index (χ1v) is 11.4. The van der Waals surface area contributed by atoms with Crippen LogP contribution in [0.3, 0.4) is 0 Å². The predicted octanol–water partition coefficient (Wildman–Crippen LogP) is 4.90. The van der Waals surface area contributed by atoms with Gasteiger partial charge in [0.1, 0.15) is 0 Å². The average Bonchev–Trinajstić information content (AvgIpc) is 3.32. The highest BCUT2D eigenvalue weighted by atomic mass is 16.6. The molecule has 8 unspecified atom stereocenters. The molecular formula is C25H36O3. The Labute approximate surface area is 169 Å². The van der Waals surface area contributed by atoms with Gasteiger partial charge in [0.2, 0.25) is 0 Å². The van der Waals surface area contributed by atoms with Gasteiger partial charge >= 0.3 is 0 Å². The van der Waals surface area contributed by atoms with Crippen molar-refractivity contribution >= 4 is 5.78 Å². The number of allylic oxidation sites excluding steroid dienone is 4. The second-order valence-electron chi connectivity index (χ2n) is 11.2. The number of aliphatic hydroxyl groups is 1. The van der Waals surface area contributed by atoms with Crippen molar-refractivity contribution < 1.29 is 14.6 Å². The van der Waals surface area contributed by atoms with Crippen LogP contribution in [0.4, 0.5) is 0 Å². The number of fused-ring (bicyclic) bond motifs is 6. The maximum atomic E-state index is 12.0. The number of hydrogen-bond donors (Lipinski definition) is 1. The lowest BCUT2D eigenvalue weighted by Gasteiger charge is -2.61. The second kappa shape index (κ2) is 6.04. The standard InChI is InChI=1S/C25H36O3/c1-15(22(27)28-4)19-7-8-20-18-6-5-16-13-17(26)9-10-23(16,2)21(18)25(11-12-25)14-24(19,20)3/h9-10,13,15,18-22,27H,5-8,11-12,14H2,1-4H3. The summed E-state index contributed by atoms with van der Waals surface area (Å²) in [7, 11) is 1.63. The Kier molecular flexibility index (Phi) is 4.11. The molecule has 5 aliphatic carbocycles. The summed E-state index contributed by atoms with van der Waals surface area (Å²) in [6.07, 6.45) is 14.2. The van der Waals surface area contributed by atoms with Gasteiger partial charge in [0.25, 0.3) is 0 Å². The highest BCUT2D eigenvalue weighted by Gasteiger charge is 2.70. The van der Waals surface area contributed by atoms with Crippen LogP contribution in [0.2, 0.25) is 0 Å². The summed E-state index contributed by atoms with van der Waals surface area (Å²) in [5.74, 6) is 3.08. The number of methoxy groups -OCH3 is 1. The van der Waals surface area contributed by atoms with Crippen molar-refractivity contribution in [2.24, 2.45) is 45.8 Å². The molecule has 0 radical (unpaired) electrons. The first-order valence-electron chi connectivity index (χ1n) is 11.4. The zero-order valence-electron chi connectivity index (χ0n) is 17.9. The Bertz CT molecular complexity index is 747. The molecule has 0 saturated heterocycles. The maximum absolute atomic E-state index is 12.0. The van der Waals surface area contributed by atoms with Crippen LogP contribution in [0.5, 0.6) is 0 Å². The SMILES string of the molecule is COC(O)C(C)C1CCC2C3CCC4=CC(=O)C=CC4(C)C3C3(CC3)CC12C. The van der Waals surface area contributed by atoms with Crippen LogP contribution in [0.15, 0.2) is 23.8 Å². The Hall–Kier alpha value is -0.930. The zero-order chi connectivity index (χ0) is 19.9. The van der Waals surface area contributed by atoms with E-state index in [1.165, 1.54) is 44.1 Å². The first-order chi connectivity index (χ1) is 13.2. The molecule has 5 rings (SSSR count). The van der Waals surface area contributed by atoms with Crippen LogP contribution in [-0.4, -0.2) is 24.3 Å². The minimum atomic E-state index is -0.654. The van der Waals surface area contributed by atoms with Crippen molar-refractivity contribution in [1.29, 1.82) is 0 Å². The quantitative estimate of drug-likeness (QED) is 0.704. The van der Waals surface area contributed by atoms with E-state index < -0.39 is 6.29 Å². The fourth-order valence-corrected chi connectivity index (χ4v) is 8.89. The van der Waals surface area contributed by atoms with Gasteiger partial charge in [0.05, 0.1) is 0 Å². The summed E-state index contributed by atoms with van der Waals surface area (Å²) < 4.78 is 5.33. The van der Waals surface area contributed by atoms with E-state index in [1.807, 2.05) is 12.2 Å². The average molecular weight is 385 g/mol. The van der Waals surface area contributed by atoms with Crippen LogP contribution in [0.1, 0.15) is 65.7 Å². The van der Waals surface area contributed by atoms with E-state index in [4.69, 9.17) is 4.74 Å². The van der Waals surface area contributed by atoms with Crippen LogP contribution >= 0.6 is 0 Å². The van der Waals surface area contributed by atoms with Gasteiger partial charge in [0, 0.05) is 18.4 Å². The monoisotopic (exact) mass is 384 g/mol. The van der Waals surface area contributed by atoms with Crippen molar-refractivity contribution in [2.75, 3.05) is 7.11 Å². The molecule has 0 aromatic rings. The van der Waals surface area contributed by atoms with Gasteiger partial charge in [-0.1, -0.05) is 32.4 Å². The van der Waals surface area contributed by atoms with E-state index in [2.05, 4.69) is 26.8 Å². The number of rotatable bonds is 3. The minimum Gasteiger partial charge on any atom is -0.368 e. The topological polar surface area (TPSA) is 46.5 Å². The van der Waals surface area contributed by atoms with E-state index in [0.29, 0.717) is 22.7 Å². The van der Waals surface area contributed by atoms with Crippen LogP contribution in [0.25, 0.3) is 0 Å². The molecule has 3 nitrogen and oxygen atoms in total. The minimum absolute atomic E-state index is 0.0738. The van der Waals surface area contributed by atoms with E-state index in [0.717, 1.165) is 18.3 Å². The molecule has 3 heteroatoms. The van der Waals surface area contributed by atoms with E-state index in [-0.39, 0.29) is 17.1 Å². The Morgan fingerprint density at radius 3 is 2.64 bits per heavy atom. The lowest BCUT2D eigenvalue weighted by molar-refractivity contribution is -0.152. The molecule has 4 saturated carbocycles. The lowest BCUT2D eigenvalue weighted by atomic mass is 9.43. The Morgan fingerprint density at radius 1 is 1.21 bits per heavy atom. The molecule has 0 aromatic heterocycles. The summed E-state index contributed by atoms with van der Waals surface area (Å²) in [6.45, 7) is 7.15. The molecule has 0 bridgehead atoms. The van der Waals surface area contributed by atoms with Gasteiger partial charge in [-0.05, 0) is 91.6 Å². The number of ketones is 1. The molecule has 1 spiro atoms. The molecule has 8 atom stereocenters. The molecule has 0 heterocycles. The molecule has 0 aliphatic heterocycles. The smallest absolute Gasteiger partial charge is 0.178 e. The maximum Gasteiger partial charge on any atom is 0.178 e. The molecule has 154 valence electrons. The van der Waals surface area contributed by atoms with Gasteiger partial charge < -0.3 is 9.84 Å². The summed E-state index contributed by atoms with van der Waals surface area (Å²) in [4.78, 5) is 12.0. The molecular weight excluding hydrogens is 348 g/mol. The number of ether oxygens (including phenoxy) is 1. The fourth-order valence-electron chi connectivity index (χ4n) is 8.89. The number of hydrogen-bond acceptors (Lipinski definition) is 3. The van der Waals surface area contributed by atoms with Crippen molar-refractivity contribution in [2.45, 2.75) is 72.0 Å². The summed E-state index contributed by atoms with van der Waals surface area (Å²) in [5, 5.41) is 10.4. The van der Waals surface area contributed by atoms with Gasteiger partial charge in [0.15, 0.2) is 12.1 Å². The highest BCUT2D eigenvalue weighted by molar-refractivity contribution is 6.01. The zero-order valence-corrected chi connectivity index (χ0v) is 17.9. The Balaban J connectivity index is 1.53. The number of carbonyl (C=O) groups excluding carboxylic acids is 1. The molecule has 28 heavy (non-hydrogen) atoms. The van der Waals surface area contributed by atoms with Crippen molar-refractivity contribution in [3.05, 3.63) is 23.8 Å². The molecule has 4 fully saturated rings. The summed E-state index contributed by atoms with van der Waals surface area (Å²) in [6, 6.07) is 0. The van der Waals surface area contributed by atoms with Crippen LogP contribution < -0.4 is 0 Å². The molecule has 0 amide bonds. The van der Waals surface area contributed by atoms with Gasteiger partial charge in [-0.2, -0.15) is 0 Å². The van der Waals surface area contributed by atoms with Crippen LogP contribution in [-0.2, 0) is 9.53 Å². The van der Waals surface area contributed by atoms with Gasteiger partial charge in [-0.15, -0.1) is 0 Å². The molecule has 5 aliphatic rings. The third-order valence-electron chi connectivity index (χ3n) is 10.0. The number of carbonyl (C=O) groups is 1. The third-order valence-corrected chi connectivity index (χ3v) is 10.0. The van der Waals surface area contributed by atoms with E-state index in [1.54, 1.807) is 7.11 Å². The fraction of sp³-hybridized carbons (Fsp3) is 0.800. The van der Waals surface area contributed by atoms with Crippen molar-refractivity contribution in [1.82, 2.24) is 0 Å². The molecule has 0 aromatic carbocycles. The number of aliphatic hydroxyl groups excluding tert-OH is 1. The van der Waals surface area contributed by atoms with Crippen molar-refractivity contribution in [3.8, 4) is 0 Å². The largest absolute Gasteiger partial charge is 0.368 e. The second-order valence-corrected chi connectivity index (χ2v) is 11.2. The van der Waals surface area contributed by atoms with E-state index >= 15 is 0 Å². The Morgan fingerprint density at radius 2 is 1.96 bits per heavy atom. The summed E-state index contributed by atoms with van der Waals surface area (Å²) in [5.41, 5.74) is 2.22. The van der Waals surface area contributed by atoms with E-state index in [9.17, 15) is 9.90 Å². The van der Waals surface area contributed by atoms with Gasteiger partial charge in [-0.25, -0.2) is 0 Å². The van der Waals surface area contributed by atoms with Crippen molar-refractivity contribution in [3.63, 3.8) is 0 Å². The van der Waals surface area contributed by atoms with Crippen LogP contribution in [0, 0.1) is 45.8 Å². The summed E-state index contributed by atoms with van der Waals surface area (Å²) >= 11 is 0. The highest BCUT2D eigenvalue weighted by Crippen LogP contribution is 2.77. The predicted molar refractivity (Wildman–Crippen MR) is 109 cm³/mol.